The third-order valence-electron chi connectivity index (χ3n) is 4.35. The summed E-state index contributed by atoms with van der Waals surface area (Å²) in [5, 5.41) is 3.42. The van der Waals surface area contributed by atoms with E-state index in [1.54, 1.807) is 19.6 Å². The maximum Gasteiger partial charge on any atom is 0.248 e. The number of amides is 1. The van der Waals surface area contributed by atoms with Crippen LogP contribution in [0.15, 0.2) is 25.0 Å². The Hall–Kier alpha value is -2.48. The molecule has 1 aliphatic rings. The van der Waals surface area contributed by atoms with E-state index in [-0.39, 0.29) is 12.5 Å². The summed E-state index contributed by atoms with van der Waals surface area (Å²) in [6.45, 7) is 3.22. The lowest BCUT2D eigenvalue weighted by Crippen LogP contribution is -2.35. The molecule has 8 nitrogen and oxygen atoms in total. The quantitative estimate of drug-likeness (QED) is 0.746. The minimum absolute atomic E-state index is 0.0260. The Kier molecular flexibility index (Phi) is 5.95. The second-order valence-electron chi connectivity index (χ2n) is 6.04. The number of fused-ring (bicyclic) bond motifs is 1. The summed E-state index contributed by atoms with van der Waals surface area (Å²) in [6, 6.07) is 0. The van der Waals surface area contributed by atoms with Crippen LogP contribution in [0.5, 0.6) is 0 Å². The van der Waals surface area contributed by atoms with Crippen LogP contribution in [0.1, 0.15) is 17.7 Å². The molecule has 0 aromatic carbocycles. The highest BCUT2D eigenvalue weighted by atomic mass is 16.5. The number of ether oxygens (including phenoxy) is 1. The maximum absolute atomic E-state index is 12.1. The number of anilines is 1. The van der Waals surface area contributed by atoms with E-state index in [1.807, 2.05) is 17.4 Å². The van der Waals surface area contributed by atoms with E-state index in [2.05, 4.69) is 24.8 Å². The molecule has 3 rings (SSSR count). The molecule has 1 aliphatic heterocycles. The van der Waals surface area contributed by atoms with E-state index in [0.29, 0.717) is 13.1 Å². The number of aromatic nitrogens is 4. The Morgan fingerprint density at radius 2 is 2.20 bits per heavy atom. The second-order valence-corrected chi connectivity index (χ2v) is 6.04. The number of nitrogens with zero attached hydrogens (tertiary/aromatic N) is 5. The fraction of sp³-hybridized carbons (Fsp3) is 0.529. The maximum atomic E-state index is 12.1. The summed E-state index contributed by atoms with van der Waals surface area (Å²) in [4.78, 5) is 26.8. The smallest absolute Gasteiger partial charge is 0.248 e. The van der Waals surface area contributed by atoms with E-state index in [9.17, 15) is 4.79 Å². The van der Waals surface area contributed by atoms with Crippen molar-refractivity contribution in [1.82, 2.24) is 24.4 Å². The molecule has 0 spiro atoms. The number of aryl methyl sites for hydroxylation is 1. The third kappa shape index (κ3) is 4.54. The molecule has 0 radical (unpaired) electrons. The largest absolute Gasteiger partial charge is 0.375 e. The SMILES string of the molecule is COCC(=O)N1CCc2ncnc(NCCCn3ccnc3)c2CC1. The molecule has 2 aromatic heterocycles. The van der Waals surface area contributed by atoms with Crippen LogP contribution in [0.4, 0.5) is 5.82 Å². The lowest BCUT2D eigenvalue weighted by atomic mass is 10.1. The first-order valence-electron chi connectivity index (χ1n) is 8.57. The van der Waals surface area contributed by atoms with Crippen LogP contribution in [0, 0.1) is 0 Å². The fourth-order valence-electron chi connectivity index (χ4n) is 3.03. The highest BCUT2D eigenvalue weighted by molar-refractivity contribution is 5.77. The summed E-state index contributed by atoms with van der Waals surface area (Å²) in [7, 11) is 1.54. The molecular formula is C17H24N6O2. The molecular weight excluding hydrogens is 320 g/mol. The number of hydrogen-bond acceptors (Lipinski definition) is 6. The molecule has 0 unspecified atom stereocenters. The molecule has 25 heavy (non-hydrogen) atoms. The first-order valence-corrected chi connectivity index (χ1v) is 8.57. The second kappa shape index (κ2) is 8.57. The molecule has 0 aliphatic carbocycles. The van der Waals surface area contributed by atoms with Gasteiger partial charge in [-0.15, -0.1) is 0 Å². The van der Waals surface area contributed by atoms with Crippen LogP contribution in [0.2, 0.25) is 0 Å². The topological polar surface area (TPSA) is 85.2 Å². The molecule has 1 amide bonds. The Morgan fingerprint density at radius 1 is 1.32 bits per heavy atom. The van der Waals surface area contributed by atoms with E-state index in [4.69, 9.17) is 4.74 Å². The summed E-state index contributed by atoms with van der Waals surface area (Å²) in [5.41, 5.74) is 2.15. The predicted molar refractivity (Wildman–Crippen MR) is 93.2 cm³/mol. The first kappa shape index (κ1) is 17.3. The zero-order valence-corrected chi connectivity index (χ0v) is 14.5. The number of carbonyl (C=O) groups is 1. The van der Waals surface area contributed by atoms with E-state index >= 15 is 0 Å². The van der Waals surface area contributed by atoms with Gasteiger partial charge >= 0.3 is 0 Å². The van der Waals surface area contributed by atoms with Crippen molar-refractivity contribution in [2.45, 2.75) is 25.8 Å². The van der Waals surface area contributed by atoms with Gasteiger partial charge in [-0.05, 0) is 12.8 Å². The van der Waals surface area contributed by atoms with Gasteiger partial charge in [-0.2, -0.15) is 0 Å². The Labute approximate surface area is 147 Å². The highest BCUT2D eigenvalue weighted by Crippen LogP contribution is 2.20. The van der Waals surface area contributed by atoms with E-state index in [1.165, 1.54) is 0 Å². The molecule has 8 heteroatoms. The third-order valence-corrected chi connectivity index (χ3v) is 4.35. The Bertz CT molecular complexity index is 688. The van der Waals surface area contributed by atoms with Gasteiger partial charge in [0.15, 0.2) is 0 Å². The van der Waals surface area contributed by atoms with Crippen molar-refractivity contribution in [3.8, 4) is 0 Å². The summed E-state index contributed by atoms with van der Waals surface area (Å²) >= 11 is 0. The normalized spacial score (nSPS) is 14.0. The fourth-order valence-corrected chi connectivity index (χ4v) is 3.03. The molecule has 2 aromatic rings. The average Bonchev–Trinajstić information content (AvgIpc) is 3.03. The van der Waals surface area contributed by atoms with Crippen molar-refractivity contribution in [2.24, 2.45) is 0 Å². The van der Waals surface area contributed by atoms with Crippen molar-refractivity contribution < 1.29 is 9.53 Å². The standard InChI is InChI=1S/C17H24N6O2/c1-25-11-16(24)23-8-3-14-15(4-9-23)20-12-21-17(14)19-5-2-7-22-10-6-18-13-22/h6,10,12-13H,2-5,7-9,11H2,1H3,(H,19,20,21). The number of methoxy groups -OCH3 is 1. The zero-order valence-electron chi connectivity index (χ0n) is 14.5. The van der Waals surface area contributed by atoms with Crippen LogP contribution >= 0.6 is 0 Å². The molecule has 1 N–H and O–H groups in total. The molecule has 0 saturated heterocycles. The molecule has 134 valence electrons. The average molecular weight is 344 g/mol. The zero-order chi connectivity index (χ0) is 17.5. The molecule has 0 fully saturated rings. The first-order chi connectivity index (χ1) is 12.3. The van der Waals surface area contributed by atoms with Crippen LogP contribution < -0.4 is 5.32 Å². The van der Waals surface area contributed by atoms with Crippen molar-refractivity contribution >= 4 is 11.7 Å². The van der Waals surface area contributed by atoms with Crippen molar-refractivity contribution in [2.75, 3.05) is 38.7 Å². The van der Waals surface area contributed by atoms with E-state index < -0.39 is 0 Å². The van der Waals surface area contributed by atoms with Gasteiger partial charge in [0.25, 0.3) is 0 Å². The number of hydrogen-bond donors (Lipinski definition) is 1. The number of rotatable bonds is 7. The van der Waals surface area contributed by atoms with Gasteiger partial charge in [0.2, 0.25) is 5.91 Å². The summed E-state index contributed by atoms with van der Waals surface area (Å²) < 4.78 is 7.01. The van der Waals surface area contributed by atoms with Crippen molar-refractivity contribution in [3.63, 3.8) is 0 Å². The summed E-state index contributed by atoms with van der Waals surface area (Å²) in [5.74, 6) is 0.912. The predicted octanol–water partition coefficient (Wildman–Crippen LogP) is 0.749. The minimum atomic E-state index is 0.0260. The van der Waals surface area contributed by atoms with Gasteiger partial charge in [0, 0.05) is 57.7 Å². The van der Waals surface area contributed by atoms with E-state index in [0.717, 1.165) is 49.4 Å². The molecule has 0 atom stereocenters. The van der Waals surface area contributed by atoms with Gasteiger partial charge in [0.05, 0.1) is 12.0 Å². The van der Waals surface area contributed by atoms with Gasteiger partial charge in [-0.25, -0.2) is 15.0 Å². The minimum Gasteiger partial charge on any atom is -0.375 e. The van der Waals surface area contributed by atoms with Gasteiger partial charge in [0.1, 0.15) is 18.8 Å². The molecule has 0 saturated carbocycles. The molecule has 0 bridgehead atoms. The molecule has 3 heterocycles. The number of imidazole rings is 1. The van der Waals surface area contributed by atoms with Gasteiger partial charge in [-0.3, -0.25) is 4.79 Å². The van der Waals surface area contributed by atoms with Crippen LogP contribution in [-0.2, 0) is 28.9 Å². The van der Waals surface area contributed by atoms with Crippen molar-refractivity contribution in [1.29, 1.82) is 0 Å². The highest BCUT2D eigenvalue weighted by Gasteiger charge is 2.21. The Morgan fingerprint density at radius 3 is 3.00 bits per heavy atom. The van der Waals surface area contributed by atoms with Crippen LogP contribution in [0.3, 0.4) is 0 Å². The van der Waals surface area contributed by atoms with Gasteiger partial charge < -0.3 is 19.5 Å². The lowest BCUT2D eigenvalue weighted by molar-refractivity contribution is -0.135. The summed E-state index contributed by atoms with van der Waals surface area (Å²) in [6.07, 6.45) is 9.66. The lowest BCUT2D eigenvalue weighted by Gasteiger charge is -2.19. The monoisotopic (exact) mass is 344 g/mol. The Balaban J connectivity index is 1.57. The number of nitrogens with one attached hydrogen (secondary N) is 1. The van der Waals surface area contributed by atoms with Crippen LogP contribution in [-0.4, -0.2) is 63.7 Å². The number of carbonyl (C=O) groups excluding carboxylic acids is 1. The van der Waals surface area contributed by atoms with Crippen molar-refractivity contribution in [3.05, 3.63) is 36.3 Å². The van der Waals surface area contributed by atoms with Crippen LogP contribution in [0.25, 0.3) is 0 Å². The van der Waals surface area contributed by atoms with Gasteiger partial charge in [-0.1, -0.05) is 0 Å².